The number of carbonyl (C=O) groups is 1. The second kappa shape index (κ2) is 8.73. The molecule has 0 bridgehead atoms. The highest BCUT2D eigenvalue weighted by atomic mass is 35.5. The maximum Gasteiger partial charge on any atom is 0.222 e. The quantitative estimate of drug-likeness (QED) is 0.915. The molecule has 20 heavy (non-hydrogen) atoms. The molecule has 0 aliphatic carbocycles. The zero-order valence-electron chi connectivity index (χ0n) is 11.2. The Morgan fingerprint density at radius 1 is 1.20 bits per heavy atom. The van der Waals surface area contributed by atoms with Gasteiger partial charge in [-0.3, -0.25) is 4.79 Å². The van der Waals surface area contributed by atoms with E-state index in [9.17, 15) is 4.79 Å². The van der Waals surface area contributed by atoms with Crippen molar-refractivity contribution >= 4 is 41.5 Å². The molecular formula is C14H19Cl3N2O. The predicted molar refractivity (Wildman–Crippen MR) is 86.1 cm³/mol. The highest BCUT2D eigenvalue weighted by Crippen LogP contribution is 2.23. The molecule has 1 aromatic carbocycles. The van der Waals surface area contributed by atoms with Crippen LogP contribution in [-0.2, 0) is 11.2 Å². The molecule has 112 valence electrons. The van der Waals surface area contributed by atoms with Crippen LogP contribution in [0, 0.1) is 0 Å². The summed E-state index contributed by atoms with van der Waals surface area (Å²) in [7, 11) is 0. The lowest BCUT2D eigenvalue weighted by Crippen LogP contribution is -2.46. The maximum atomic E-state index is 12.0. The molecule has 0 unspecified atom stereocenters. The van der Waals surface area contributed by atoms with Gasteiger partial charge in [0.1, 0.15) is 0 Å². The molecule has 1 saturated heterocycles. The zero-order valence-corrected chi connectivity index (χ0v) is 13.5. The number of hydrogen-bond acceptors (Lipinski definition) is 2. The Labute approximate surface area is 136 Å². The molecule has 1 heterocycles. The Morgan fingerprint density at radius 3 is 2.55 bits per heavy atom. The first kappa shape index (κ1) is 17.6. The highest BCUT2D eigenvalue weighted by molar-refractivity contribution is 6.42. The largest absolute Gasteiger partial charge is 0.340 e. The van der Waals surface area contributed by atoms with E-state index in [-0.39, 0.29) is 18.3 Å². The number of rotatable bonds is 4. The number of hydrogen-bond donors (Lipinski definition) is 1. The van der Waals surface area contributed by atoms with E-state index < -0.39 is 0 Å². The lowest BCUT2D eigenvalue weighted by molar-refractivity contribution is -0.131. The van der Waals surface area contributed by atoms with Crippen molar-refractivity contribution in [3.8, 4) is 0 Å². The lowest BCUT2D eigenvalue weighted by Gasteiger charge is -2.27. The van der Waals surface area contributed by atoms with Crippen molar-refractivity contribution in [3.05, 3.63) is 33.8 Å². The fraction of sp³-hybridized carbons (Fsp3) is 0.500. The Balaban J connectivity index is 0.00000200. The number of halogens is 3. The summed E-state index contributed by atoms with van der Waals surface area (Å²) in [5, 5.41) is 4.39. The van der Waals surface area contributed by atoms with Crippen molar-refractivity contribution in [2.45, 2.75) is 19.3 Å². The Hall–Kier alpha value is -0.480. The van der Waals surface area contributed by atoms with Gasteiger partial charge < -0.3 is 10.2 Å². The second-order valence-corrected chi connectivity index (χ2v) is 5.55. The first-order valence-electron chi connectivity index (χ1n) is 6.59. The van der Waals surface area contributed by atoms with E-state index in [1.54, 1.807) is 6.07 Å². The SMILES string of the molecule is Cl.O=C(CCCc1ccc(Cl)c(Cl)c1)N1CCNCC1. The van der Waals surface area contributed by atoms with E-state index in [1.807, 2.05) is 17.0 Å². The fourth-order valence-corrected chi connectivity index (χ4v) is 2.53. The van der Waals surface area contributed by atoms with Crippen molar-refractivity contribution in [2.24, 2.45) is 0 Å². The minimum Gasteiger partial charge on any atom is -0.340 e. The standard InChI is InChI=1S/C14H18Cl2N2O.ClH/c15-12-5-4-11(10-13(12)16)2-1-3-14(19)18-8-6-17-7-9-18;/h4-5,10,17H,1-3,6-9H2;1H. The third-order valence-corrected chi connectivity index (χ3v) is 4.05. The average molecular weight is 338 g/mol. The minimum absolute atomic E-state index is 0. The molecule has 1 aliphatic rings. The van der Waals surface area contributed by atoms with Crippen LogP contribution in [0.1, 0.15) is 18.4 Å². The van der Waals surface area contributed by atoms with Gasteiger partial charge in [0.05, 0.1) is 10.0 Å². The van der Waals surface area contributed by atoms with Gasteiger partial charge in [0, 0.05) is 32.6 Å². The van der Waals surface area contributed by atoms with Gasteiger partial charge in [0.15, 0.2) is 0 Å². The van der Waals surface area contributed by atoms with Gasteiger partial charge >= 0.3 is 0 Å². The molecule has 1 aromatic rings. The Bertz CT molecular complexity index is 448. The number of piperazine rings is 1. The molecule has 0 aromatic heterocycles. The van der Waals surface area contributed by atoms with E-state index in [4.69, 9.17) is 23.2 Å². The van der Waals surface area contributed by atoms with Crippen molar-refractivity contribution < 1.29 is 4.79 Å². The molecule has 0 radical (unpaired) electrons. The smallest absolute Gasteiger partial charge is 0.222 e. The van der Waals surface area contributed by atoms with E-state index >= 15 is 0 Å². The minimum atomic E-state index is 0. The van der Waals surface area contributed by atoms with Gasteiger partial charge in [-0.05, 0) is 30.5 Å². The van der Waals surface area contributed by atoms with E-state index in [1.165, 1.54) is 0 Å². The summed E-state index contributed by atoms with van der Waals surface area (Å²) in [5.74, 6) is 0.251. The van der Waals surface area contributed by atoms with Crippen LogP contribution in [0.4, 0.5) is 0 Å². The lowest BCUT2D eigenvalue weighted by atomic mass is 10.1. The van der Waals surface area contributed by atoms with Gasteiger partial charge in [-0.1, -0.05) is 29.3 Å². The van der Waals surface area contributed by atoms with Crippen molar-refractivity contribution in [1.29, 1.82) is 0 Å². The summed E-state index contributed by atoms with van der Waals surface area (Å²) in [4.78, 5) is 13.9. The van der Waals surface area contributed by atoms with Crippen LogP contribution in [0.2, 0.25) is 10.0 Å². The van der Waals surface area contributed by atoms with Crippen LogP contribution < -0.4 is 5.32 Å². The number of aryl methyl sites for hydroxylation is 1. The molecule has 1 fully saturated rings. The summed E-state index contributed by atoms with van der Waals surface area (Å²) in [5.41, 5.74) is 1.13. The van der Waals surface area contributed by atoms with E-state index in [0.29, 0.717) is 16.5 Å². The highest BCUT2D eigenvalue weighted by Gasteiger charge is 2.15. The number of nitrogens with zero attached hydrogens (tertiary/aromatic N) is 1. The van der Waals surface area contributed by atoms with Crippen LogP contribution in [0.3, 0.4) is 0 Å². The monoisotopic (exact) mass is 336 g/mol. The summed E-state index contributed by atoms with van der Waals surface area (Å²) in [6.07, 6.45) is 2.30. The first-order valence-corrected chi connectivity index (χ1v) is 7.35. The molecule has 1 aliphatic heterocycles. The third kappa shape index (κ3) is 5.13. The van der Waals surface area contributed by atoms with Crippen molar-refractivity contribution in [2.75, 3.05) is 26.2 Å². The normalized spacial score (nSPS) is 14.8. The summed E-state index contributed by atoms with van der Waals surface area (Å²) in [6, 6.07) is 5.64. The molecule has 2 rings (SSSR count). The summed E-state index contributed by atoms with van der Waals surface area (Å²) in [6.45, 7) is 3.45. The third-order valence-electron chi connectivity index (χ3n) is 3.31. The Kier molecular flexibility index (Phi) is 7.67. The average Bonchev–Trinajstić information content (AvgIpc) is 2.43. The molecule has 1 amide bonds. The topological polar surface area (TPSA) is 32.3 Å². The van der Waals surface area contributed by atoms with Crippen LogP contribution in [0.5, 0.6) is 0 Å². The van der Waals surface area contributed by atoms with E-state index in [0.717, 1.165) is 44.6 Å². The predicted octanol–water partition coefficient (Wildman–Crippen LogP) is 3.17. The van der Waals surface area contributed by atoms with Gasteiger partial charge in [-0.25, -0.2) is 0 Å². The fourth-order valence-electron chi connectivity index (χ4n) is 2.21. The molecule has 3 nitrogen and oxygen atoms in total. The van der Waals surface area contributed by atoms with Gasteiger partial charge in [-0.15, -0.1) is 12.4 Å². The van der Waals surface area contributed by atoms with Gasteiger partial charge in [0.2, 0.25) is 5.91 Å². The molecule has 0 saturated carbocycles. The maximum absolute atomic E-state index is 12.0. The van der Waals surface area contributed by atoms with Crippen LogP contribution in [0.15, 0.2) is 18.2 Å². The molecule has 0 atom stereocenters. The van der Waals surface area contributed by atoms with E-state index in [2.05, 4.69) is 5.32 Å². The van der Waals surface area contributed by atoms with Gasteiger partial charge in [-0.2, -0.15) is 0 Å². The van der Waals surface area contributed by atoms with Gasteiger partial charge in [0.25, 0.3) is 0 Å². The number of nitrogens with one attached hydrogen (secondary N) is 1. The molecule has 6 heteroatoms. The van der Waals surface area contributed by atoms with Crippen molar-refractivity contribution in [3.63, 3.8) is 0 Å². The van der Waals surface area contributed by atoms with Crippen LogP contribution in [-0.4, -0.2) is 37.0 Å². The summed E-state index contributed by atoms with van der Waals surface area (Å²) < 4.78 is 0. The molecule has 1 N–H and O–H groups in total. The zero-order chi connectivity index (χ0) is 13.7. The van der Waals surface area contributed by atoms with Crippen LogP contribution >= 0.6 is 35.6 Å². The number of amides is 1. The summed E-state index contributed by atoms with van der Waals surface area (Å²) >= 11 is 11.8. The number of benzene rings is 1. The first-order chi connectivity index (χ1) is 9.16. The molecule has 0 spiro atoms. The number of carbonyl (C=O) groups excluding carboxylic acids is 1. The van der Waals surface area contributed by atoms with Crippen LogP contribution in [0.25, 0.3) is 0 Å². The second-order valence-electron chi connectivity index (χ2n) is 4.73. The molecular weight excluding hydrogens is 319 g/mol. The van der Waals surface area contributed by atoms with Crippen molar-refractivity contribution in [1.82, 2.24) is 10.2 Å². The Morgan fingerprint density at radius 2 is 1.90 bits per heavy atom.